The third-order valence-corrected chi connectivity index (χ3v) is 4.77. The second kappa shape index (κ2) is 6.12. The molecular weight excluding hydrogens is 244 g/mol. The van der Waals surface area contributed by atoms with E-state index in [1.165, 1.54) is 0 Å². The van der Waals surface area contributed by atoms with E-state index in [0.717, 1.165) is 29.9 Å². The van der Waals surface area contributed by atoms with Crippen molar-refractivity contribution in [2.24, 2.45) is 0 Å². The van der Waals surface area contributed by atoms with Gasteiger partial charge in [0.1, 0.15) is 0 Å². The Bertz CT molecular complexity index is 471. The van der Waals surface area contributed by atoms with Crippen LogP contribution in [0.15, 0.2) is 24.3 Å². The number of hydrogen-bond acceptors (Lipinski definition) is 3. The minimum atomic E-state index is -0.608. The van der Waals surface area contributed by atoms with Gasteiger partial charge < -0.3 is 5.32 Å². The van der Waals surface area contributed by atoms with Crippen LogP contribution in [0.3, 0.4) is 0 Å². The first kappa shape index (κ1) is 13.3. The molecule has 4 heteroatoms. The van der Waals surface area contributed by atoms with E-state index in [4.69, 9.17) is 5.26 Å². The van der Waals surface area contributed by atoms with E-state index in [2.05, 4.69) is 18.3 Å². The van der Waals surface area contributed by atoms with E-state index in [-0.39, 0.29) is 6.04 Å². The van der Waals surface area contributed by atoms with Gasteiger partial charge in [0, 0.05) is 34.4 Å². The highest BCUT2D eigenvalue weighted by atomic mass is 32.2. The molecule has 1 fully saturated rings. The fourth-order valence-corrected chi connectivity index (χ4v) is 3.59. The molecular formula is C14H18N2OS. The average Bonchev–Trinajstić information content (AvgIpc) is 2.41. The minimum absolute atomic E-state index is 0.231. The Kier molecular flexibility index (Phi) is 4.51. The summed E-state index contributed by atoms with van der Waals surface area (Å²) in [5, 5.41) is 12.5. The van der Waals surface area contributed by atoms with E-state index < -0.39 is 10.8 Å². The average molecular weight is 262 g/mol. The minimum Gasteiger partial charge on any atom is -0.307 e. The molecule has 1 aromatic rings. The molecule has 0 amide bonds. The summed E-state index contributed by atoms with van der Waals surface area (Å²) < 4.78 is 11.3. The highest BCUT2D eigenvalue weighted by molar-refractivity contribution is 7.85. The molecule has 1 heterocycles. The Hall–Kier alpha value is -1.18. The molecule has 0 aliphatic carbocycles. The summed E-state index contributed by atoms with van der Waals surface area (Å²) in [5.41, 5.74) is 1.84. The number of benzene rings is 1. The molecule has 0 radical (unpaired) electrons. The molecule has 1 saturated heterocycles. The highest BCUT2D eigenvalue weighted by Gasteiger charge is 2.19. The summed E-state index contributed by atoms with van der Waals surface area (Å²) in [6.07, 6.45) is 1.96. The number of rotatable bonds is 3. The molecule has 1 N–H and O–H groups in total. The molecule has 1 aliphatic heterocycles. The molecule has 1 aliphatic rings. The van der Waals surface area contributed by atoms with Gasteiger partial charge in [-0.2, -0.15) is 5.26 Å². The zero-order chi connectivity index (χ0) is 13.0. The normalized spacial score (nSPS) is 25.3. The van der Waals surface area contributed by atoms with E-state index in [1.807, 2.05) is 24.3 Å². The lowest BCUT2D eigenvalue weighted by atomic mass is 10.0. The molecule has 0 spiro atoms. The summed E-state index contributed by atoms with van der Waals surface area (Å²) in [4.78, 5) is 0. The van der Waals surface area contributed by atoms with Crippen molar-refractivity contribution in [2.45, 2.75) is 31.8 Å². The maximum Gasteiger partial charge on any atom is 0.0991 e. The zero-order valence-corrected chi connectivity index (χ0v) is 11.4. The van der Waals surface area contributed by atoms with Gasteiger partial charge in [0.05, 0.1) is 11.6 Å². The summed E-state index contributed by atoms with van der Waals surface area (Å²) >= 11 is 0. The van der Waals surface area contributed by atoms with E-state index in [0.29, 0.717) is 11.6 Å². The van der Waals surface area contributed by atoms with Crippen molar-refractivity contribution < 1.29 is 4.21 Å². The van der Waals surface area contributed by atoms with Crippen LogP contribution in [-0.2, 0) is 10.8 Å². The SMILES string of the molecule is CC(NC1CCS(=O)CC1)c1cccc(C#N)c1. The number of hydrogen-bond donors (Lipinski definition) is 1. The second-order valence-corrected chi connectivity index (χ2v) is 6.44. The van der Waals surface area contributed by atoms with Crippen molar-refractivity contribution in [2.75, 3.05) is 11.5 Å². The van der Waals surface area contributed by atoms with Crippen molar-refractivity contribution in [1.29, 1.82) is 5.26 Å². The van der Waals surface area contributed by atoms with Crippen LogP contribution in [0.25, 0.3) is 0 Å². The highest BCUT2D eigenvalue weighted by Crippen LogP contribution is 2.18. The van der Waals surface area contributed by atoms with E-state index in [9.17, 15) is 4.21 Å². The van der Waals surface area contributed by atoms with Gasteiger partial charge >= 0.3 is 0 Å². The van der Waals surface area contributed by atoms with Crippen molar-refractivity contribution in [3.05, 3.63) is 35.4 Å². The van der Waals surface area contributed by atoms with Crippen molar-refractivity contribution in [3.63, 3.8) is 0 Å². The monoisotopic (exact) mass is 262 g/mol. The van der Waals surface area contributed by atoms with Crippen LogP contribution in [0.5, 0.6) is 0 Å². The molecule has 3 nitrogen and oxygen atoms in total. The Morgan fingerprint density at radius 2 is 2.17 bits per heavy atom. The smallest absolute Gasteiger partial charge is 0.0991 e. The van der Waals surface area contributed by atoms with Crippen LogP contribution in [0.2, 0.25) is 0 Å². The van der Waals surface area contributed by atoms with Crippen LogP contribution in [0.1, 0.15) is 36.9 Å². The molecule has 0 aromatic heterocycles. The van der Waals surface area contributed by atoms with E-state index in [1.54, 1.807) is 0 Å². The first-order valence-corrected chi connectivity index (χ1v) is 7.79. The lowest BCUT2D eigenvalue weighted by Gasteiger charge is -2.26. The molecule has 18 heavy (non-hydrogen) atoms. The summed E-state index contributed by atoms with van der Waals surface area (Å²) in [6.45, 7) is 2.11. The molecule has 0 bridgehead atoms. The predicted octanol–water partition coefficient (Wildman–Crippen LogP) is 2.12. The molecule has 0 saturated carbocycles. The lowest BCUT2D eigenvalue weighted by Crippen LogP contribution is -2.37. The first-order valence-electron chi connectivity index (χ1n) is 6.30. The third-order valence-electron chi connectivity index (χ3n) is 3.39. The fourth-order valence-electron chi connectivity index (χ4n) is 2.29. The van der Waals surface area contributed by atoms with Crippen LogP contribution >= 0.6 is 0 Å². The zero-order valence-electron chi connectivity index (χ0n) is 10.6. The van der Waals surface area contributed by atoms with Gasteiger partial charge in [-0.1, -0.05) is 12.1 Å². The van der Waals surface area contributed by atoms with Crippen LogP contribution < -0.4 is 5.32 Å². The maximum atomic E-state index is 11.3. The molecule has 1 aromatic carbocycles. The summed E-state index contributed by atoms with van der Waals surface area (Å²) in [5.74, 6) is 1.62. The van der Waals surface area contributed by atoms with Gasteiger partial charge in [0.2, 0.25) is 0 Å². The molecule has 1 unspecified atom stereocenters. The Balaban J connectivity index is 1.97. The van der Waals surface area contributed by atoms with Crippen molar-refractivity contribution >= 4 is 10.8 Å². The van der Waals surface area contributed by atoms with Crippen LogP contribution in [-0.4, -0.2) is 21.8 Å². The fraction of sp³-hybridized carbons (Fsp3) is 0.500. The van der Waals surface area contributed by atoms with Crippen molar-refractivity contribution in [1.82, 2.24) is 5.32 Å². The largest absolute Gasteiger partial charge is 0.307 e. The second-order valence-electron chi connectivity index (χ2n) is 4.75. The summed E-state index contributed by atoms with van der Waals surface area (Å²) in [6, 6.07) is 10.6. The molecule has 96 valence electrons. The Morgan fingerprint density at radius 3 is 2.83 bits per heavy atom. The van der Waals surface area contributed by atoms with Gasteiger partial charge in [-0.15, -0.1) is 0 Å². The Morgan fingerprint density at radius 1 is 1.44 bits per heavy atom. The van der Waals surface area contributed by atoms with Crippen molar-refractivity contribution in [3.8, 4) is 6.07 Å². The predicted molar refractivity (Wildman–Crippen MR) is 73.6 cm³/mol. The van der Waals surface area contributed by atoms with Gasteiger partial charge in [-0.3, -0.25) is 4.21 Å². The molecule has 1 atom stereocenters. The van der Waals surface area contributed by atoms with Gasteiger partial charge in [0.15, 0.2) is 0 Å². The van der Waals surface area contributed by atoms with Crippen LogP contribution in [0.4, 0.5) is 0 Å². The van der Waals surface area contributed by atoms with Gasteiger partial charge in [-0.25, -0.2) is 0 Å². The lowest BCUT2D eigenvalue weighted by molar-refractivity contribution is 0.427. The number of nitrogens with zero attached hydrogens (tertiary/aromatic N) is 1. The van der Waals surface area contributed by atoms with Gasteiger partial charge in [-0.05, 0) is 37.5 Å². The third kappa shape index (κ3) is 3.41. The van der Waals surface area contributed by atoms with E-state index >= 15 is 0 Å². The quantitative estimate of drug-likeness (QED) is 0.908. The van der Waals surface area contributed by atoms with Crippen LogP contribution in [0, 0.1) is 11.3 Å². The van der Waals surface area contributed by atoms with Gasteiger partial charge in [0.25, 0.3) is 0 Å². The standard InChI is InChI=1S/C14H18N2OS/c1-11(13-4-2-3-12(9-13)10-15)16-14-5-7-18(17)8-6-14/h2-4,9,11,14,16H,5-8H2,1H3. The topological polar surface area (TPSA) is 52.9 Å². The number of nitriles is 1. The summed E-state index contributed by atoms with van der Waals surface area (Å²) in [7, 11) is -0.608. The molecule has 2 rings (SSSR count). The number of nitrogens with one attached hydrogen (secondary N) is 1. The maximum absolute atomic E-state index is 11.3. The Labute approximate surface area is 111 Å². The first-order chi connectivity index (χ1) is 8.69.